The van der Waals surface area contributed by atoms with Crippen molar-refractivity contribution in [3.8, 4) is 5.75 Å². The highest BCUT2D eigenvalue weighted by molar-refractivity contribution is 7.11. The number of nitrogens with zero attached hydrogens (tertiary/aromatic N) is 2. The molecular formula is C20H28N4OS. The summed E-state index contributed by atoms with van der Waals surface area (Å²) in [4.78, 5) is 10.5. The third kappa shape index (κ3) is 6.19. The Hall–Kier alpha value is -2.34. The molecule has 0 bridgehead atoms. The number of ether oxygens (including phenoxy) is 1. The summed E-state index contributed by atoms with van der Waals surface area (Å²) in [6.45, 7) is 12.6. The van der Waals surface area contributed by atoms with E-state index in [1.807, 2.05) is 31.2 Å². The van der Waals surface area contributed by atoms with Crippen LogP contribution < -0.4 is 15.4 Å². The van der Waals surface area contributed by atoms with Gasteiger partial charge in [0.05, 0.1) is 17.2 Å². The largest absolute Gasteiger partial charge is 0.489 e. The molecule has 140 valence electrons. The Kier molecular flexibility index (Phi) is 8.15. The van der Waals surface area contributed by atoms with Crippen molar-refractivity contribution < 1.29 is 4.74 Å². The Morgan fingerprint density at radius 1 is 1.31 bits per heavy atom. The van der Waals surface area contributed by atoms with Crippen molar-refractivity contribution >= 4 is 17.3 Å². The topological polar surface area (TPSA) is 58.5 Å². The number of rotatable bonds is 9. The molecule has 0 radical (unpaired) electrons. The molecule has 0 fully saturated rings. The standard InChI is InChI=1S/C20H28N4OS/c1-5-13-25-18-10-8-7-9-17(18)14-23-20(21-6-2)22-12-11-19-15(3)24-16(4)26-19/h5,7-10H,1,6,11-14H2,2-4H3,(H2,21,22,23). The quantitative estimate of drug-likeness (QED) is 0.401. The summed E-state index contributed by atoms with van der Waals surface area (Å²) in [7, 11) is 0. The number of para-hydroxylation sites is 1. The summed E-state index contributed by atoms with van der Waals surface area (Å²) >= 11 is 1.76. The van der Waals surface area contributed by atoms with Crippen molar-refractivity contribution in [3.63, 3.8) is 0 Å². The maximum Gasteiger partial charge on any atom is 0.191 e. The van der Waals surface area contributed by atoms with Gasteiger partial charge in [-0.1, -0.05) is 30.9 Å². The number of benzene rings is 1. The van der Waals surface area contributed by atoms with Crippen LogP contribution in [0.25, 0.3) is 0 Å². The van der Waals surface area contributed by atoms with Crippen LogP contribution in [0.5, 0.6) is 5.75 Å². The Labute approximate surface area is 160 Å². The smallest absolute Gasteiger partial charge is 0.191 e. The first-order valence-corrected chi connectivity index (χ1v) is 9.72. The van der Waals surface area contributed by atoms with Gasteiger partial charge in [-0.05, 0) is 26.8 Å². The molecule has 5 nitrogen and oxygen atoms in total. The Morgan fingerprint density at radius 2 is 2.12 bits per heavy atom. The molecule has 0 amide bonds. The molecule has 0 saturated carbocycles. The zero-order valence-corrected chi connectivity index (χ0v) is 16.7. The van der Waals surface area contributed by atoms with Crippen LogP contribution >= 0.6 is 11.3 Å². The predicted molar refractivity (Wildman–Crippen MR) is 110 cm³/mol. The zero-order chi connectivity index (χ0) is 18.8. The molecule has 2 aromatic rings. The number of hydrogen-bond donors (Lipinski definition) is 2. The Balaban J connectivity index is 1.96. The molecular weight excluding hydrogens is 344 g/mol. The van der Waals surface area contributed by atoms with E-state index in [4.69, 9.17) is 4.74 Å². The van der Waals surface area contributed by atoms with Crippen molar-refractivity contribution in [2.24, 2.45) is 4.99 Å². The van der Waals surface area contributed by atoms with E-state index in [1.165, 1.54) is 4.88 Å². The van der Waals surface area contributed by atoms with Crippen LogP contribution in [0.4, 0.5) is 0 Å². The second-order valence-corrected chi connectivity index (χ2v) is 7.11. The van der Waals surface area contributed by atoms with Crippen LogP contribution in [0.15, 0.2) is 41.9 Å². The summed E-state index contributed by atoms with van der Waals surface area (Å²) in [5.74, 6) is 1.66. The second kappa shape index (κ2) is 10.6. The zero-order valence-electron chi connectivity index (χ0n) is 15.8. The van der Waals surface area contributed by atoms with Crippen LogP contribution in [0.2, 0.25) is 0 Å². The van der Waals surface area contributed by atoms with Gasteiger partial charge in [0.2, 0.25) is 0 Å². The summed E-state index contributed by atoms with van der Waals surface area (Å²) in [5.41, 5.74) is 2.19. The average Bonchev–Trinajstić information content (AvgIpc) is 2.96. The van der Waals surface area contributed by atoms with E-state index in [0.29, 0.717) is 13.2 Å². The minimum Gasteiger partial charge on any atom is -0.489 e. The fourth-order valence-electron chi connectivity index (χ4n) is 2.53. The molecule has 6 heteroatoms. The average molecular weight is 373 g/mol. The first-order chi connectivity index (χ1) is 12.6. The number of guanidine groups is 1. The molecule has 0 unspecified atom stereocenters. The van der Waals surface area contributed by atoms with Gasteiger partial charge < -0.3 is 15.4 Å². The first kappa shape index (κ1) is 20.0. The van der Waals surface area contributed by atoms with Crippen molar-refractivity contribution in [1.29, 1.82) is 0 Å². The number of aryl methyl sites for hydroxylation is 2. The Morgan fingerprint density at radius 3 is 2.81 bits per heavy atom. The van der Waals surface area contributed by atoms with Crippen molar-refractivity contribution in [2.45, 2.75) is 33.7 Å². The van der Waals surface area contributed by atoms with E-state index in [1.54, 1.807) is 17.4 Å². The maximum atomic E-state index is 5.70. The molecule has 0 spiro atoms. The lowest BCUT2D eigenvalue weighted by atomic mass is 10.2. The lowest BCUT2D eigenvalue weighted by molar-refractivity contribution is 0.359. The highest BCUT2D eigenvalue weighted by Gasteiger charge is 2.06. The van der Waals surface area contributed by atoms with E-state index in [-0.39, 0.29) is 0 Å². The summed E-state index contributed by atoms with van der Waals surface area (Å²) in [5, 5.41) is 7.81. The van der Waals surface area contributed by atoms with Crippen LogP contribution in [0.3, 0.4) is 0 Å². The van der Waals surface area contributed by atoms with Gasteiger partial charge in [-0.3, -0.25) is 0 Å². The minimum absolute atomic E-state index is 0.493. The molecule has 0 aliphatic rings. The van der Waals surface area contributed by atoms with Gasteiger partial charge >= 0.3 is 0 Å². The maximum absolute atomic E-state index is 5.70. The normalized spacial score (nSPS) is 11.3. The van der Waals surface area contributed by atoms with E-state index in [9.17, 15) is 0 Å². The first-order valence-electron chi connectivity index (χ1n) is 8.90. The molecule has 1 heterocycles. The van der Waals surface area contributed by atoms with Gasteiger partial charge in [-0.15, -0.1) is 11.3 Å². The van der Waals surface area contributed by atoms with Gasteiger partial charge in [0.1, 0.15) is 12.4 Å². The van der Waals surface area contributed by atoms with Gasteiger partial charge in [0, 0.05) is 30.0 Å². The third-order valence-corrected chi connectivity index (χ3v) is 4.86. The second-order valence-electron chi connectivity index (χ2n) is 5.82. The lowest BCUT2D eigenvalue weighted by Crippen LogP contribution is -2.38. The van der Waals surface area contributed by atoms with E-state index in [2.05, 4.69) is 41.0 Å². The van der Waals surface area contributed by atoms with Crippen LogP contribution in [-0.2, 0) is 13.0 Å². The number of hydrogen-bond acceptors (Lipinski definition) is 4. The molecule has 0 saturated heterocycles. The van der Waals surface area contributed by atoms with Gasteiger partial charge in [-0.2, -0.15) is 0 Å². The summed E-state index contributed by atoms with van der Waals surface area (Å²) in [6.07, 6.45) is 2.69. The highest BCUT2D eigenvalue weighted by atomic mass is 32.1. The molecule has 0 aliphatic carbocycles. The monoisotopic (exact) mass is 372 g/mol. The van der Waals surface area contributed by atoms with E-state index < -0.39 is 0 Å². The van der Waals surface area contributed by atoms with Crippen molar-refractivity contribution in [1.82, 2.24) is 15.6 Å². The number of aliphatic imine (C=N–C) groups is 1. The number of aromatic nitrogens is 1. The van der Waals surface area contributed by atoms with Crippen LogP contribution in [0.1, 0.15) is 28.1 Å². The van der Waals surface area contributed by atoms with Gasteiger partial charge in [0.15, 0.2) is 5.96 Å². The number of thiazole rings is 1. The van der Waals surface area contributed by atoms with Crippen LogP contribution in [-0.4, -0.2) is 30.6 Å². The van der Waals surface area contributed by atoms with Crippen molar-refractivity contribution in [3.05, 3.63) is 58.1 Å². The molecule has 2 rings (SSSR count). The molecule has 2 N–H and O–H groups in total. The minimum atomic E-state index is 0.493. The van der Waals surface area contributed by atoms with Gasteiger partial charge in [0.25, 0.3) is 0 Å². The third-order valence-electron chi connectivity index (χ3n) is 3.73. The van der Waals surface area contributed by atoms with Gasteiger partial charge in [-0.25, -0.2) is 9.98 Å². The fourth-order valence-corrected chi connectivity index (χ4v) is 3.47. The summed E-state index contributed by atoms with van der Waals surface area (Å²) in [6, 6.07) is 7.97. The SMILES string of the molecule is C=CCOc1ccccc1CN=C(NCC)NCCc1sc(C)nc1C. The van der Waals surface area contributed by atoms with Crippen LogP contribution in [0, 0.1) is 13.8 Å². The molecule has 1 aromatic carbocycles. The highest BCUT2D eigenvalue weighted by Crippen LogP contribution is 2.19. The molecule has 26 heavy (non-hydrogen) atoms. The summed E-state index contributed by atoms with van der Waals surface area (Å²) < 4.78 is 5.70. The van der Waals surface area contributed by atoms with Crippen molar-refractivity contribution in [2.75, 3.05) is 19.7 Å². The molecule has 0 atom stereocenters. The van der Waals surface area contributed by atoms with E-state index in [0.717, 1.165) is 47.5 Å². The van der Waals surface area contributed by atoms with E-state index >= 15 is 0 Å². The number of nitrogens with one attached hydrogen (secondary N) is 2. The Bertz CT molecular complexity index is 739. The molecule has 1 aromatic heterocycles. The fraction of sp³-hybridized carbons (Fsp3) is 0.400. The lowest BCUT2D eigenvalue weighted by Gasteiger charge is -2.12. The molecule has 0 aliphatic heterocycles. The predicted octanol–water partition coefficient (Wildman–Crippen LogP) is 3.62.